The molecule has 138 valence electrons. The molecule has 1 aromatic carbocycles. The number of aliphatic imine (C=N–C) groups is 1. The molecule has 1 aromatic heterocycles. The summed E-state index contributed by atoms with van der Waals surface area (Å²) >= 11 is 0. The van der Waals surface area contributed by atoms with E-state index >= 15 is 0 Å². The van der Waals surface area contributed by atoms with Crippen molar-refractivity contribution in [1.29, 1.82) is 0 Å². The van der Waals surface area contributed by atoms with Crippen LogP contribution in [0, 0.1) is 5.82 Å². The number of nitrogens with one attached hydrogen (secondary N) is 1. The van der Waals surface area contributed by atoms with Gasteiger partial charge in [0.15, 0.2) is 5.96 Å². The Morgan fingerprint density at radius 2 is 2.12 bits per heavy atom. The zero-order chi connectivity index (χ0) is 17.7. The van der Waals surface area contributed by atoms with Crippen molar-refractivity contribution in [3.8, 4) is 0 Å². The van der Waals surface area contributed by atoms with Crippen LogP contribution in [0.3, 0.4) is 0 Å². The summed E-state index contributed by atoms with van der Waals surface area (Å²) in [6.07, 6.45) is 3.83. The molecular weight excluding hydrogens is 432 g/mol. The third-order valence-electron chi connectivity index (χ3n) is 4.05. The molecular formula is C18H27FIN5. The lowest BCUT2D eigenvalue weighted by Gasteiger charge is -2.29. The highest BCUT2D eigenvalue weighted by Crippen LogP contribution is 2.22. The minimum atomic E-state index is -0.215. The van der Waals surface area contributed by atoms with Gasteiger partial charge in [-0.3, -0.25) is 9.67 Å². The van der Waals surface area contributed by atoms with Crippen LogP contribution < -0.4 is 5.32 Å². The summed E-state index contributed by atoms with van der Waals surface area (Å²) in [7, 11) is 5.65. The normalized spacial score (nSPS) is 11.8. The Kier molecular flexibility index (Phi) is 7.85. The van der Waals surface area contributed by atoms with E-state index in [0.29, 0.717) is 13.1 Å². The minimum absolute atomic E-state index is 0. The van der Waals surface area contributed by atoms with Crippen molar-refractivity contribution in [3.05, 3.63) is 53.6 Å². The molecule has 2 aromatic rings. The van der Waals surface area contributed by atoms with Crippen molar-refractivity contribution in [2.24, 2.45) is 12.0 Å². The molecule has 0 aliphatic rings. The van der Waals surface area contributed by atoms with E-state index in [0.717, 1.165) is 17.1 Å². The van der Waals surface area contributed by atoms with Gasteiger partial charge in [-0.05, 0) is 17.7 Å². The van der Waals surface area contributed by atoms with Crippen LogP contribution in [0.5, 0.6) is 0 Å². The van der Waals surface area contributed by atoms with Gasteiger partial charge >= 0.3 is 0 Å². The van der Waals surface area contributed by atoms with Crippen LogP contribution in [0.1, 0.15) is 25.0 Å². The molecule has 0 fully saturated rings. The fourth-order valence-corrected chi connectivity index (χ4v) is 2.60. The molecule has 0 radical (unpaired) electrons. The van der Waals surface area contributed by atoms with E-state index in [1.807, 2.05) is 37.5 Å². The van der Waals surface area contributed by atoms with Gasteiger partial charge in [-0.15, -0.1) is 24.0 Å². The van der Waals surface area contributed by atoms with E-state index in [4.69, 9.17) is 0 Å². The highest BCUT2D eigenvalue weighted by atomic mass is 127. The van der Waals surface area contributed by atoms with E-state index in [-0.39, 0.29) is 35.2 Å². The summed E-state index contributed by atoms with van der Waals surface area (Å²) < 4.78 is 15.3. The molecule has 0 unspecified atom stereocenters. The van der Waals surface area contributed by atoms with Crippen molar-refractivity contribution in [2.75, 3.05) is 20.6 Å². The molecule has 0 spiro atoms. The molecule has 0 aliphatic heterocycles. The molecule has 7 heteroatoms. The maximum atomic E-state index is 13.5. The van der Waals surface area contributed by atoms with Gasteiger partial charge in [-0.2, -0.15) is 5.10 Å². The van der Waals surface area contributed by atoms with Crippen LogP contribution in [0.15, 0.2) is 41.7 Å². The molecule has 5 nitrogen and oxygen atoms in total. The molecule has 0 bridgehead atoms. The molecule has 0 saturated heterocycles. The zero-order valence-corrected chi connectivity index (χ0v) is 17.8. The fraction of sp³-hybridized carbons (Fsp3) is 0.444. The Balaban J connectivity index is 0.00000312. The first-order valence-corrected chi connectivity index (χ1v) is 7.97. The highest BCUT2D eigenvalue weighted by Gasteiger charge is 2.22. The molecule has 0 atom stereocenters. The van der Waals surface area contributed by atoms with E-state index < -0.39 is 0 Å². The van der Waals surface area contributed by atoms with Gasteiger partial charge in [0.1, 0.15) is 5.82 Å². The SMILES string of the molecule is CN=C(NCC(C)(C)c1cccc(F)c1)N(C)Cc1cnn(C)c1.I. The third-order valence-corrected chi connectivity index (χ3v) is 4.05. The van der Waals surface area contributed by atoms with Gasteiger partial charge in [0.25, 0.3) is 0 Å². The average molecular weight is 459 g/mol. The van der Waals surface area contributed by atoms with Crippen LogP contribution in [0.4, 0.5) is 4.39 Å². The Bertz CT molecular complexity index is 711. The topological polar surface area (TPSA) is 45.5 Å². The highest BCUT2D eigenvalue weighted by molar-refractivity contribution is 14.0. The lowest BCUT2D eigenvalue weighted by Crippen LogP contribution is -2.44. The van der Waals surface area contributed by atoms with Crippen molar-refractivity contribution < 1.29 is 4.39 Å². The first-order valence-electron chi connectivity index (χ1n) is 7.97. The number of aromatic nitrogens is 2. The van der Waals surface area contributed by atoms with Gasteiger partial charge in [0.2, 0.25) is 0 Å². The number of aryl methyl sites for hydroxylation is 1. The molecule has 25 heavy (non-hydrogen) atoms. The second-order valence-electron chi connectivity index (χ2n) is 6.67. The van der Waals surface area contributed by atoms with Gasteiger partial charge in [-0.25, -0.2) is 4.39 Å². The number of hydrogen-bond acceptors (Lipinski definition) is 2. The summed E-state index contributed by atoms with van der Waals surface area (Å²) in [6, 6.07) is 6.75. The van der Waals surface area contributed by atoms with Crippen molar-refractivity contribution in [2.45, 2.75) is 25.8 Å². The van der Waals surface area contributed by atoms with E-state index in [9.17, 15) is 4.39 Å². The predicted molar refractivity (Wildman–Crippen MR) is 111 cm³/mol. The van der Waals surface area contributed by atoms with Gasteiger partial charge < -0.3 is 10.2 Å². The molecule has 2 rings (SSSR count). The summed E-state index contributed by atoms with van der Waals surface area (Å²) in [6.45, 7) is 5.54. The number of halogens is 2. The van der Waals surface area contributed by atoms with Gasteiger partial charge in [-0.1, -0.05) is 26.0 Å². The summed E-state index contributed by atoms with van der Waals surface area (Å²) in [4.78, 5) is 6.38. The number of rotatable bonds is 5. The smallest absolute Gasteiger partial charge is 0.193 e. The molecule has 1 heterocycles. The van der Waals surface area contributed by atoms with E-state index in [1.165, 1.54) is 6.07 Å². The number of hydrogen-bond donors (Lipinski definition) is 1. The molecule has 0 amide bonds. The summed E-state index contributed by atoms with van der Waals surface area (Å²) in [5.41, 5.74) is 1.86. The number of benzene rings is 1. The fourth-order valence-electron chi connectivity index (χ4n) is 2.60. The van der Waals surface area contributed by atoms with Crippen molar-refractivity contribution >= 4 is 29.9 Å². The zero-order valence-electron chi connectivity index (χ0n) is 15.5. The summed E-state index contributed by atoms with van der Waals surface area (Å²) in [5, 5.41) is 7.56. The first-order chi connectivity index (χ1) is 11.3. The maximum Gasteiger partial charge on any atom is 0.193 e. The molecule has 1 N–H and O–H groups in total. The molecule has 0 saturated carbocycles. The van der Waals surface area contributed by atoms with Crippen LogP contribution in [-0.4, -0.2) is 41.3 Å². The standard InChI is InChI=1S/C18H26FN5.HI/c1-18(2,15-7-6-8-16(19)9-15)13-21-17(20-3)23(4)11-14-10-22-24(5)12-14;/h6-10,12H,11,13H2,1-5H3,(H,20,21);1H. The van der Waals surface area contributed by atoms with E-state index in [1.54, 1.807) is 23.9 Å². The second-order valence-corrected chi connectivity index (χ2v) is 6.67. The monoisotopic (exact) mass is 459 g/mol. The van der Waals surface area contributed by atoms with Crippen molar-refractivity contribution in [3.63, 3.8) is 0 Å². The Hall–Kier alpha value is -1.64. The Labute approximate surface area is 166 Å². The van der Waals surface area contributed by atoms with Crippen LogP contribution in [-0.2, 0) is 19.0 Å². The number of guanidine groups is 1. The Morgan fingerprint density at radius 1 is 1.40 bits per heavy atom. The van der Waals surface area contributed by atoms with Crippen LogP contribution in [0.25, 0.3) is 0 Å². The first kappa shape index (κ1) is 21.4. The van der Waals surface area contributed by atoms with Gasteiger partial charge in [0.05, 0.1) is 6.20 Å². The van der Waals surface area contributed by atoms with Crippen LogP contribution >= 0.6 is 24.0 Å². The summed E-state index contributed by atoms with van der Waals surface area (Å²) in [5.74, 6) is 0.585. The second kappa shape index (κ2) is 9.17. The van der Waals surface area contributed by atoms with Crippen LogP contribution in [0.2, 0.25) is 0 Å². The predicted octanol–water partition coefficient (Wildman–Crippen LogP) is 3.16. The van der Waals surface area contributed by atoms with E-state index in [2.05, 4.69) is 29.3 Å². The maximum absolute atomic E-state index is 13.5. The average Bonchev–Trinajstić information content (AvgIpc) is 2.93. The minimum Gasteiger partial charge on any atom is -0.355 e. The quantitative estimate of drug-likeness (QED) is 0.425. The Morgan fingerprint density at radius 3 is 2.68 bits per heavy atom. The third kappa shape index (κ3) is 5.98. The lowest BCUT2D eigenvalue weighted by atomic mass is 9.84. The largest absolute Gasteiger partial charge is 0.355 e. The number of nitrogens with zero attached hydrogens (tertiary/aromatic N) is 4. The lowest BCUT2D eigenvalue weighted by molar-refractivity contribution is 0.447. The van der Waals surface area contributed by atoms with Gasteiger partial charge in [0, 0.05) is 51.4 Å². The molecule has 0 aliphatic carbocycles. The van der Waals surface area contributed by atoms with Crippen molar-refractivity contribution in [1.82, 2.24) is 20.0 Å².